The van der Waals surface area contributed by atoms with Gasteiger partial charge in [-0.15, -0.1) is 0 Å². The number of thioether (sulfide) groups is 1. The number of carbonyl (C=O) groups is 2. The van der Waals surface area contributed by atoms with Crippen LogP contribution in [0, 0.1) is 0 Å². The van der Waals surface area contributed by atoms with E-state index in [1.165, 1.54) is 23.6 Å². The molecule has 78 valence electrons. The van der Waals surface area contributed by atoms with Crippen molar-refractivity contribution in [1.82, 2.24) is 4.90 Å². The third-order valence-electron chi connectivity index (χ3n) is 1.67. The van der Waals surface area contributed by atoms with E-state index in [1.807, 2.05) is 0 Å². The second kappa shape index (κ2) is 5.31. The molecule has 1 amide bonds. The molecule has 0 spiro atoms. The van der Waals surface area contributed by atoms with Crippen LogP contribution in [0.1, 0.15) is 13.3 Å². The van der Waals surface area contributed by atoms with Crippen molar-refractivity contribution in [3.8, 4) is 0 Å². The Hall–Kier alpha value is -0.620. The fourth-order valence-electron chi connectivity index (χ4n) is 1.02. The van der Waals surface area contributed by atoms with Crippen LogP contribution in [0.3, 0.4) is 0 Å². The third-order valence-corrected chi connectivity index (χ3v) is 3.21. The number of hydrogen-bond acceptors (Lipinski definition) is 5. The standard InChI is InChI=1S/C8H11NO3S2/c1-6(10)12-5-7(11)9-3-2-4-14-8(9)13/h2-5H2,1H3. The van der Waals surface area contributed by atoms with Gasteiger partial charge in [-0.3, -0.25) is 14.5 Å². The van der Waals surface area contributed by atoms with Crippen molar-refractivity contribution in [3.63, 3.8) is 0 Å². The first-order valence-electron chi connectivity index (χ1n) is 4.21. The van der Waals surface area contributed by atoms with Gasteiger partial charge >= 0.3 is 5.97 Å². The zero-order valence-corrected chi connectivity index (χ0v) is 9.45. The van der Waals surface area contributed by atoms with E-state index in [9.17, 15) is 9.59 Å². The summed E-state index contributed by atoms with van der Waals surface area (Å²) in [5.41, 5.74) is 0. The molecule has 0 saturated carbocycles. The zero-order chi connectivity index (χ0) is 10.6. The van der Waals surface area contributed by atoms with Crippen LogP contribution in [0.15, 0.2) is 0 Å². The Labute approximate surface area is 92.0 Å². The van der Waals surface area contributed by atoms with Gasteiger partial charge in [0, 0.05) is 19.2 Å². The largest absolute Gasteiger partial charge is 0.456 e. The predicted molar refractivity (Wildman–Crippen MR) is 58.0 cm³/mol. The summed E-state index contributed by atoms with van der Waals surface area (Å²) in [4.78, 5) is 23.4. The van der Waals surface area contributed by atoms with Crippen LogP contribution in [0.4, 0.5) is 0 Å². The van der Waals surface area contributed by atoms with E-state index in [2.05, 4.69) is 4.74 Å². The molecular formula is C8H11NO3S2. The molecule has 14 heavy (non-hydrogen) atoms. The maximum atomic E-state index is 11.5. The molecule has 4 nitrogen and oxygen atoms in total. The van der Waals surface area contributed by atoms with E-state index in [1.54, 1.807) is 0 Å². The monoisotopic (exact) mass is 233 g/mol. The van der Waals surface area contributed by atoms with Crippen LogP contribution in [0.2, 0.25) is 0 Å². The average molecular weight is 233 g/mol. The number of hydrogen-bond donors (Lipinski definition) is 0. The van der Waals surface area contributed by atoms with Crippen molar-refractivity contribution in [1.29, 1.82) is 0 Å². The Morgan fingerprint density at radius 3 is 2.93 bits per heavy atom. The number of ether oxygens (including phenoxy) is 1. The molecule has 1 saturated heterocycles. The lowest BCUT2D eigenvalue weighted by atomic mass is 10.4. The molecule has 0 aliphatic carbocycles. The first kappa shape index (κ1) is 11.5. The number of rotatable bonds is 2. The van der Waals surface area contributed by atoms with Crippen molar-refractivity contribution in [2.75, 3.05) is 18.9 Å². The topological polar surface area (TPSA) is 46.6 Å². The van der Waals surface area contributed by atoms with Crippen molar-refractivity contribution in [2.45, 2.75) is 13.3 Å². The molecule has 1 aliphatic heterocycles. The SMILES string of the molecule is CC(=O)OCC(=O)N1CCCSC1=S. The maximum Gasteiger partial charge on any atom is 0.303 e. The van der Waals surface area contributed by atoms with Gasteiger partial charge in [-0.05, 0) is 6.42 Å². The number of carbonyl (C=O) groups excluding carboxylic acids is 2. The van der Waals surface area contributed by atoms with Gasteiger partial charge < -0.3 is 4.74 Å². The summed E-state index contributed by atoms with van der Waals surface area (Å²) < 4.78 is 5.18. The predicted octanol–water partition coefficient (Wildman–Crippen LogP) is 0.800. The highest BCUT2D eigenvalue weighted by atomic mass is 32.2. The summed E-state index contributed by atoms with van der Waals surface area (Å²) >= 11 is 6.50. The van der Waals surface area contributed by atoms with Crippen LogP contribution >= 0.6 is 24.0 Å². The molecule has 0 aromatic heterocycles. The van der Waals surface area contributed by atoms with Crippen molar-refractivity contribution in [3.05, 3.63) is 0 Å². The molecule has 0 N–H and O–H groups in total. The van der Waals surface area contributed by atoms with Crippen LogP contribution in [0.5, 0.6) is 0 Å². The highest BCUT2D eigenvalue weighted by Crippen LogP contribution is 2.17. The number of amides is 1. The summed E-state index contributed by atoms with van der Waals surface area (Å²) in [6, 6.07) is 0. The van der Waals surface area contributed by atoms with Gasteiger partial charge in [-0.25, -0.2) is 0 Å². The Kier molecular flexibility index (Phi) is 4.34. The van der Waals surface area contributed by atoms with E-state index in [4.69, 9.17) is 12.2 Å². The minimum absolute atomic E-state index is 0.212. The highest BCUT2D eigenvalue weighted by molar-refractivity contribution is 8.23. The maximum absolute atomic E-state index is 11.5. The van der Waals surface area contributed by atoms with Crippen molar-refractivity contribution >= 4 is 40.2 Å². The van der Waals surface area contributed by atoms with Gasteiger partial charge in [0.15, 0.2) is 6.61 Å². The molecule has 1 aliphatic rings. The minimum atomic E-state index is -0.450. The Bertz CT molecular complexity index is 267. The first-order valence-corrected chi connectivity index (χ1v) is 5.61. The van der Waals surface area contributed by atoms with E-state index in [-0.39, 0.29) is 12.5 Å². The van der Waals surface area contributed by atoms with Crippen LogP contribution < -0.4 is 0 Å². The molecule has 0 radical (unpaired) electrons. The summed E-state index contributed by atoms with van der Waals surface area (Å²) in [7, 11) is 0. The summed E-state index contributed by atoms with van der Waals surface area (Å²) in [6.07, 6.45) is 0.927. The van der Waals surface area contributed by atoms with E-state index in [0.29, 0.717) is 10.9 Å². The number of nitrogens with zero attached hydrogens (tertiary/aromatic N) is 1. The molecule has 0 aromatic carbocycles. The van der Waals surface area contributed by atoms with Crippen molar-refractivity contribution in [2.24, 2.45) is 0 Å². The smallest absolute Gasteiger partial charge is 0.303 e. The minimum Gasteiger partial charge on any atom is -0.456 e. The summed E-state index contributed by atoms with van der Waals surface area (Å²) in [6.45, 7) is 1.69. The lowest BCUT2D eigenvalue weighted by Gasteiger charge is -2.26. The first-order chi connectivity index (χ1) is 6.61. The van der Waals surface area contributed by atoms with Crippen LogP contribution in [-0.4, -0.2) is 40.0 Å². The van der Waals surface area contributed by atoms with Gasteiger partial charge in [0.1, 0.15) is 4.32 Å². The molecule has 0 unspecified atom stereocenters. The average Bonchev–Trinajstić information content (AvgIpc) is 2.15. The summed E-state index contributed by atoms with van der Waals surface area (Å²) in [5, 5.41) is 0. The zero-order valence-electron chi connectivity index (χ0n) is 7.82. The van der Waals surface area contributed by atoms with Gasteiger partial charge in [-0.1, -0.05) is 24.0 Å². The third kappa shape index (κ3) is 3.26. The molecule has 1 rings (SSSR count). The summed E-state index contributed by atoms with van der Waals surface area (Å²) in [5.74, 6) is 0.266. The van der Waals surface area contributed by atoms with Gasteiger partial charge in [0.2, 0.25) is 0 Å². The normalized spacial score (nSPS) is 16.6. The lowest BCUT2D eigenvalue weighted by Crippen LogP contribution is -2.40. The molecule has 6 heteroatoms. The van der Waals surface area contributed by atoms with Gasteiger partial charge in [0.05, 0.1) is 0 Å². The number of esters is 1. The molecule has 1 fully saturated rings. The van der Waals surface area contributed by atoms with E-state index < -0.39 is 5.97 Å². The fraction of sp³-hybridized carbons (Fsp3) is 0.625. The van der Waals surface area contributed by atoms with Crippen molar-refractivity contribution < 1.29 is 14.3 Å². The Morgan fingerprint density at radius 1 is 1.64 bits per heavy atom. The molecule has 0 atom stereocenters. The molecule has 1 heterocycles. The molecule has 0 bridgehead atoms. The Balaban J connectivity index is 2.42. The second-order valence-electron chi connectivity index (χ2n) is 2.79. The highest BCUT2D eigenvalue weighted by Gasteiger charge is 2.22. The van der Waals surface area contributed by atoms with Gasteiger partial charge in [0.25, 0.3) is 5.91 Å². The lowest BCUT2D eigenvalue weighted by molar-refractivity contribution is -0.148. The quantitative estimate of drug-likeness (QED) is 0.521. The Morgan fingerprint density at radius 2 is 2.36 bits per heavy atom. The molecular weight excluding hydrogens is 222 g/mol. The second-order valence-corrected chi connectivity index (χ2v) is 4.52. The number of thiocarbonyl (C=S) groups is 1. The molecule has 0 aromatic rings. The van der Waals surface area contributed by atoms with Crippen LogP contribution in [0.25, 0.3) is 0 Å². The van der Waals surface area contributed by atoms with Crippen LogP contribution in [-0.2, 0) is 14.3 Å². The van der Waals surface area contributed by atoms with E-state index >= 15 is 0 Å². The fourth-order valence-corrected chi connectivity index (χ4v) is 2.26. The van der Waals surface area contributed by atoms with Gasteiger partial charge in [-0.2, -0.15) is 0 Å². The van der Waals surface area contributed by atoms with E-state index in [0.717, 1.165) is 12.2 Å².